The smallest absolute Gasteiger partial charge is 0.0912 e. The van der Waals surface area contributed by atoms with Gasteiger partial charge in [-0.25, -0.2) is 0 Å². The van der Waals surface area contributed by atoms with Gasteiger partial charge in [-0.05, 0) is 48.7 Å². The van der Waals surface area contributed by atoms with E-state index in [2.05, 4.69) is 0 Å². The number of nitrogens with two attached hydrogens (primary N) is 1. The fourth-order valence-electron chi connectivity index (χ4n) is 1.24. The lowest BCUT2D eigenvalue weighted by Crippen LogP contribution is -1.93. The summed E-state index contributed by atoms with van der Waals surface area (Å²) in [5, 5.41) is 8.36. The third-order valence-electron chi connectivity index (χ3n) is 1.97. The largest absolute Gasteiger partial charge is 0.398 e. The second kappa shape index (κ2) is 5.31. The molecule has 3 heteroatoms. The lowest BCUT2D eigenvalue weighted by Gasteiger charge is -2.05. The lowest BCUT2D eigenvalue weighted by molar-refractivity contribution is 1.38. The zero-order valence-corrected chi connectivity index (χ0v) is 9.06. The number of aryl methyl sites for hydroxylation is 2. The van der Waals surface area contributed by atoms with Gasteiger partial charge in [-0.3, -0.25) is 0 Å². The van der Waals surface area contributed by atoms with Crippen LogP contribution >= 0.6 is 12.4 Å². The van der Waals surface area contributed by atoms with Crippen LogP contribution in [0, 0.1) is 25.2 Å². The summed E-state index contributed by atoms with van der Waals surface area (Å²) in [4.78, 5) is 0. The van der Waals surface area contributed by atoms with Crippen LogP contribution in [0.1, 0.15) is 16.7 Å². The second-order valence-corrected chi connectivity index (χ2v) is 3.03. The Morgan fingerprint density at radius 3 is 2.21 bits per heavy atom. The fourth-order valence-corrected chi connectivity index (χ4v) is 1.24. The molecule has 74 valence electrons. The molecule has 0 aromatic heterocycles. The van der Waals surface area contributed by atoms with Gasteiger partial charge in [0.15, 0.2) is 0 Å². The number of rotatable bonds is 1. The van der Waals surface area contributed by atoms with Crippen molar-refractivity contribution in [3.63, 3.8) is 0 Å². The van der Waals surface area contributed by atoms with Crippen molar-refractivity contribution in [3.05, 3.63) is 34.9 Å². The van der Waals surface area contributed by atoms with Gasteiger partial charge in [0.2, 0.25) is 0 Å². The van der Waals surface area contributed by atoms with E-state index in [9.17, 15) is 0 Å². The molecule has 0 spiro atoms. The van der Waals surface area contributed by atoms with Gasteiger partial charge in [-0.2, -0.15) is 5.26 Å². The lowest BCUT2D eigenvalue weighted by atomic mass is 10.0. The van der Waals surface area contributed by atoms with Gasteiger partial charge < -0.3 is 5.73 Å². The van der Waals surface area contributed by atoms with Crippen LogP contribution in [-0.4, -0.2) is 0 Å². The van der Waals surface area contributed by atoms with E-state index in [4.69, 9.17) is 11.0 Å². The van der Waals surface area contributed by atoms with Crippen molar-refractivity contribution in [3.8, 4) is 6.07 Å². The van der Waals surface area contributed by atoms with Crippen molar-refractivity contribution in [2.75, 3.05) is 5.73 Å². The predicted molar refractivity (Wildman–Crippen MR) is 62.2 cm³/mol. The van der Waals surface area contributed by atoms with Gasteiger partial charge in [-0.1, -0.05) is 0 Å². The maximum atomic E-state index is 8.36. The first-order chi connectivity index (χ1) is 6.15. The number of halogens is 1. The quantitative estimate of drug-likeness (QED) is 0.570. The number of hydrogen-bond donors (Lipinski definition) is 1. The topological polar surface area (TPSA) is 49.8 Å². The molecule has 2 N–H and O–H groups in total. The first-order valence-corrected chi connectivity index (χ1v) is 4.08. The zero-order chi connectivity index (χ0) is 9.84. The van der Waals surface area contributed by atoms with Crippen molar-refractivity contribution in [2.24, 2.45) is 0 Å². The number of anilines is 1. The van der Waals surface area contributed by atoms with Crippen LogP contribution in [-0.2, 0) is 0 Å². The first-order valence-electron chi connectivity index (χ1n) is 4.08. The molecular formula is C11H13ClN2. The highest BCUT2D eigenvalue weighted by atomic mass is 35.5. The molecule has 0 aliphatic rings. The summed E-state index contributed by atoms with van der Waals surface area (Å²) in [7, 11) is 0. The Labute approximate surface area is 90.5 Å². The number of nitriles is 1. The molecule has 0 amide bonds. The van der Waals surface area contributed by atoms with Crippen LogP contribution < -0.4 is 5.73 Å². The van der Waals surface area contributed by atoms with E-state index in [1.54, 1.807) is 6.08 Å². The number of allylic oxidation sites excluding steroid dienone is 1. The average molecular weight is 209 g/mol. The molecule has 0 fully saturated rings. The van der Waals surface area contributed by atoms with Crippen molar-refractivity contribution in [1.29, 1.82) is 5.26 Å². The second-order valence-electron chi connectivity index (χ2n) is 3.03. The Balaban J connectivity index is 0.00000169. The molecule has 2 nitrogen and oxygen atoms in total. The Morgan fingerprint density at radius 2 is 1.79 bits per heavy atom. The molecule has 0 atom stereocenters. The third kappa shape index (κ3) is 2.79. The Bertz CT molecular complexity index is 366. The van der Waals surface area contributed by atoms with Crippen LogP contribution in [0.3, 0.4) is 0 Å². The van der Waals surface area contributed by atoms with Crippen LogP contribution in [0.15, 0.2) is 18.2 Å². The molecule has 0 aliphatic heterocycles. The highest BCUT2D eigenvalue weighted by Crippen LogP contribution is 2.19. The fraction of sp³-hybridized carbons (Fsp3) is 0.182. The summed E-state index contributed by atoms with van der Waals surface area (Å²) in [5.74, 6) is 0. The normalized spacial score (nSPS) is 9.50. The van der Waals surface area contributed by atoms with Crippen LogP contribution in [0.4, 0.5) is 5.69 Å². The monoisotopic (exact) mass is 208 g/mol. The molecule has 0 bridgehead atoms. The molecule has 0 radical (unpaired) electrons. The van der Waals surface area contributed by atoms with Crippen molar-refractivity contribution < 1.29 is 0 Å². The predicted octanol–water partition coefficient (Wildman–Crippen LogP) is 2.84. The SMILES string of the molecule is Cc1cc(/C=C/C#N)cc(C)c1N.Cl. The first kappa shape index (κ1) is 12.5. The van der Waals surface area contributed by atoms with Gasteiger partial charge >= 0.3 is 0 Å². The molecule has 1 aromatic rings. The summed E-state index contributed by atoms with van der Waals surface area (Å²) in [6, 6.07) is 5.89. The van der Waals surface area contributed by atoms with E-state index in [0.717, 1.165) is 22.4 Å². The maximum Gasteiger partial charge on any atom is 0.0912 e. The van der Waals surface area contributed by atoms with Crippen LogP contribution in [0.2, 0.25) is 0 Å². The summed E-state index contributed by atoms with van der Waals surface area (Å²) >= 11 is 0. The van der Waals surface area contributed by atoms with E-state index in [-0.39, 0.29) is 12.4 Å². The Kier molecular flexibility index (Phi) is 4.76. The van der Waals surface area contributed by atoms with E-state index in [1.165, 1.54) is 6.08 Å². The number of nitrogen functional groups attached to an aromatic ring is 1. The minimum atomic E-state index is 0. The van der Waals surface area contributed by atoms with Gasteiger partial charge in [0, 0.05) is 11.8 Å². The Morgan fingerprint density at radius 1 is 1.29 bits per heavy atom. The standard InChI is InChI=1S/C11H12N2.ClH/c1-8-6-10(4-3-5-12)7-9(2)11(8)13;/h3-4,6-7H,13H2,1-2H3;1H/b4-3+;. The molecule has 1 rings (SSSR count). The van der Waals surface area contributed by atoms with Gasteiger partial charge in [0.05, 0.1) is 6.07 Å². The van der Waals surface area contributed by atoms with E-state index < -0.39 is 0 Å². The molecule has 0 heterocycles. The summed E-state index contributed by atoms with van der Waals surface area (Å²) in [5.41, 5.74) is 9.74. The number of nitrogens with zero attached hydrogens (tertiary/aromatic N) is 1. The summed E-state index contributed by atoms with van der Waals surface area (Å²) < 4.78 is 0. The van der Waals surface area contributed by atoms with Crippen molar-refractivity contribution >= 4 is 24.2 Å². The van der Waals surface area contributed by atoms with Gasteiger partial charge in [-0.15, -0.1) is 12.4 Å². The highest BCUT2D eigenvalue weighted by molar-refractivity contribution is 5.85. The van der Waals surface area contributed by atoms with Gasteiger partial charge in [0.25, 0.3) is 0 Å². The average Bonchev–Trinajstić information content (AvgIpc) is 2.10. The van der Waals surface area contributed by atoms with E-state index in [0.29, 0.717) is 0 Å². The molecule has 1 aromatic carbocycles. The van der Waals surface area contributed by atoms with Crippen molar-refractivity contribution in [1.82, 2.24) is 0 Å². The molecule has 0 aliphatic carbocycles. The summed E-state index contributed by atoms with van der Waals surface area (Å²) in [6.07, 6.45) is 3.24. The highest BCUT2D eigenvalue weighted by Gasteiger charge is 1.98. The summed E-state index contributed by atoms with van der Waals surface area (Å²) in [6.45, 7) is 3.93. The minimum Gasteiger partial charge on any atom is -0.398 e. The van der Waals surface area contributed by atoms with E-state index >= 15 is 0 Å². The zero-order valence-electron chi connectivity index (χ0n) is 8.24. The van der Waals surface area contributed by atoms with Crippen LogP contribution in [0.25, 0.3) is 6.08 Å². The molecule has 0 saturated heterocycles. The minimum absolute atomic E-state index is 0. The Hall–Kier alpha value is -1.46. The van der Waals surface area contributed by atoms with Crippen LogP contribution in [0.5, 0.6) is 0 Å². The van der Waals surface area contributed by atoms with Gasteiger partial charge in [0.1, 0.15) is 0 Å². The molecule has 0 saturated carbocycles. The van der Waals surface area contributed by atoms with Crippen molar-refractivity contribution in [2.45, 2.75) is 13.8 Å². The molecule has 0 unspecified atom stereocenters. The maximum absolute atomic E-state index is 8.36. The third-order valence-corrected chi connectivity index (χ3v) is 1.97. The molecule has 14 heavy (non-hydrogen) atoms. The van der Waals surface area contributed by atoms with E-state index in [1.807, 2.05) is 32.0 Å². The number of benzene rings is 1. The molecular weight excluding hydrogens is 196 g/mol. The number of hydrogen-bond acceptors (Lipinski definition) is 2.